The minimum Gasteiger partial charge on any atom is -0.492 e. The fourth-order valence-electron chi connectivity index (χ4n) is 3.17. The maximum atomic E-state index is 12.5. The number of aromatic nitrogens is 1. The summed E-state index contributed by atoms with van der Waals surface area (Å²) < 4.78 is 26.3. The molecule has 2 aromatic rings. The zero-order valence-corrected chi connectivity index (χ0v) is 15.7. The summed E-state index contributed by atoms with van der Waals surface area (Å²) in [4.78, 5) is 29.4. The number of aryl methyl sites for hydroxylation is 2. The zero-order chi connectivity index (χ0) is 19.7. The Morgan fingerprint density at radius 1 is 0.963 bits per heavy atom. The van der Waals surface area contributed by atoms with Crippen LogP contribution in [-0.2, 0) is 9.47 Å². The first-order chi connectivity index (χ1) is 12.9. The molecule has 8 heteroatoms. The molecule has 27 heavy (non-hydrogen) atoms. The smallest absolute Gasteiger partial charge is 0.340 e. The van der Waals surface area contributed by atoms with Crippen LogP contribution < -0.4 is 14.2 Å². The second kappa shape index (κ2) is 7.14. The van der Waals surface area contributed by atoms with Crippen LogP contribution in [0.1, 0.15) is 32.1 Å². The summed E-state index contributed by atoms with van der Waals surface area (Å²) in [6.07, 6.45) is 0. The molecule has 8 nitrogen and oxygen atoms in total. The molecule has 0 bridgehead atoms. The van der Waals surface area contributed by atoms with E-state index in [9.17, 15) is 9.59 Å². The standard InChI is InChI=1S/C19H19NO7/c1-9-13(18(21)24-4)15(14(10(2)20-9)19(22)25-5)11-6-7-12-17(16(11)23-3)27-8-26-12/h6-7H,8H2,1-5H3. The lowest BCUT2D eigenvalue weighted by molar-refractivity contribution is 0.0599. The van der Waals surface area contributed by atoms with Gasteiger partial charge >= 0.3 is 11.9 Å². The summed E-state index contributed by atoms with van der Waals surface area (Å²) in [6.45, 7) is 3.39. The molecule has 0 spiro atoms. The van der Waals surface area contributed by atoms with Gasteiger partial charge in [0.25, 0.3) is 0 Å². The summed E-state index contributed by atoms with van der Waals surface area (Å²) in [5.74, 6) is -0.00358. The molecule has 0 aliphatic carbocycles. The van der Waals surface area contributed by atoms with Crippen LogP contribution in [0.25, 0.3) is 11.1 Å². The first kappa shape index (κ1) is 18.5. The van der Waals surface area contributed by atoms with Gasteiger partial charge in [-0.05, 0) is 26.0 Å². The van der Waals surface area contributed by atoms with Crippen molar-refractivity contribution in [2.24, 2.45) is 0 Å². The number of nitrogens with zero attached hydrogens (tertiary/aromatic N) is 1. The van der Waals surface area contributed by atoms with Gasteiger partial charge < -0.3 is 23.7 Å². The Morgan fingerprint density at radius 2 is 1.56 bits per heavy atom. The van der Waals surface area contributed by atoms with E-state index in [1.165, 1.54) is 21.3 Å². The SMILES string of the molecule is COC(=O)c1c(C)nc(C)c(C(=O)OC)c1-c1ccc2c(c1OC)OCO2. The van der Waals surface area contributed by atoms with Crippen LogP contribution in [-0.4, -0.2) is 45.0 Å². The molecular weight excluding hydrogens is 354 g/mol. The molecule has 142 valence electrons. The van der Waals surface area contributed by atoms with Crippen LogP contribution in [0.15, 0.2) is 12.1 Å². The quantitative estimate of drug-likeness (QED) is 0.755. The Morgan fingerprint density at radius 3 is 2.07 bits per heavy atom. The molecule has 0 radical (unpaired) electrons. The average Bonchev–Trinajstić information content (AvgIpc) is 3.14. The number of methoxy groups -OCH3 is 3. The lowest BCUT2D eigenvalue weighted by Crippen LogP contribution is -2.16. The fourth-order valence-corrected chi connectivity index (χ4v) is 3.17. The summed E-state index contributed by atoms with van der Waals surface area (Å²) in [6, 6.07) is 3.38. The first-order valence-electron chi connectivity index (χ1n) is 8.09. The number of rotatable bonds is 4. The molecule has 0 saturated heterocycles. The zero-order valence-electron chi connectivity index (χ0n) is 15.7. The van der Waals surface area contributed by atoms with Gasteiger partial charge in [0.2, 0.25) is 12.5 Å². The highest BCUT2D eigenvalue weighted by atomic mass is 16.7. The summed E-state index contributed by atoms with van der Waals surface area (Å²) in [5.41, 5.74) is 1.93. The van der Waals surface area contributed by atoms with Crippen molar-refractivity contribution in [3.05, 3.63) is 34.6 Å². The van der Waals surface area contributed by atoms with Gasteiger partial charge in [0.1, 0.15) is 0 Å². The molecule has 3 rings (SSSR count). The van der Waals surface area contributed by atoms with E-state index in [-0.39, 0.29) is 17.9 Å². The third-order valence-electron chi connectivity index (χ3n) is 4.31. The van der Waals surface area contributed by atoms with Crippen molar-refractivity contribution in [3.8, 4) is 28.4 Å². The van der Waals surface area contributed by atoms with Gasteiger partial charge in [-0.25, -0.2) is 9.59 Å². The van der Waals surface area contributed by atoms with Gasteiger partial charge in [-0.2, -0.15) is 0 Å². The molecule has 1 aliphatic heterocycles. The lowest BCUT2D eigenvalue weighted by Gasteiger charge is -2.19. The number of hydrogen-bond acceptors (Lipinski definition) is 8. The third kappa shape index (κ3) is 2.92. The molecule has 0 amide bonds. The molecule has 0 N–H and O–H groups in total. The highest BCUT2D eigenvalue weighted by Gasteiger charge is 2.31. The number of benzene rings is 1. The van der Waals surface area contributed by atoms with Gasteiger partial charge in [0.05, 0.1) is 43.8 Å². The van der Waals surface area contributed by atoms with Crippen molar-refractivity contribution < 1.29 is 33.3 Å². The van der Waals surface area contributed by atoms with Crippen molar-refractivity contribution >= 4 is 11.9 Å². The summed E-state index contributed by atoms with van der Waals surface area (Å²) in [5, 5.41) is 0. The van der Waals surface area contributed by atoms with E-state index in [0.29, 0.717) is 39.8 Å². The number of fused-ring (bicyclic) bond motifs is 1. The number of esters is 2. The predicted molar refractivity (Wildman–Crippen MR) is 94.5 cm³/mol. The van der Waals surface area contributed by atoms with Gasteiger partial charge in [-0.15, -0.1) is 0 Å². The Hall–Kier alpha value is -3.29. The predicted octanol–water partition coefficient (Wildman–Crippen LogP) is 2.68. The van der Waals surface area contributed by atoms with E-state index in [1.54, 1.807) is 26.0 Å². The maximum Gasteiger partial charge on any atom is 0.340 e. The molecule has 2 heterocycles. The number of ether oxygens (including phenoxy) is 5. The Balaban J connectivity index is 2.44. The second-order valence-electron chi connectivity index (χ2n) is 5.77. The van der Waals surface area contributed by atoms with E-state index in [2.05, 4.69) is 4.98 Å². The monoisotopic (exact) mass is 373 g/mol. The summed E-state index contributed by atoms with van der Waals surface area (Å²) >= 11 is 0. The van der Waals surface area contributed by atoms with Crippen LogP contribution in [0.5, 0.6) is 17.2 Å². The summed E-state index contributed by atoms with van der Waals surface area (Å²) in [7, 11) is 4.00. The number of carbonyl (C=O) groups excluding carboxylic acids is 2. The van der Waals surface area contributed by atoms with Gasteiger partial charge in [0, 0.05) is 11.1 Å². The minimum atomic E-state index is -0.625. The Bertz CT molecular complexity index is 896. The highest BCUT2D eigenvalue weighted by molar-refractivity contribution is 6.08. The van der Waals surface area contributed by atoms with Gasteiger partial charge in [-0.3, -0.25) is 4.98 Å². The lowest BCUT2D eigenvalue weighted by atomic mass is 9.91. The van der Waals surface area contributed by atoms with E-state index in [4.69, 9.17) is 23.7 Å². The topological polar surface area (TPSA) is 93.2 Å². The largest absolute Gasteiger partial charge is 0.492 e. The molecule has 0 atom stereocenters. The van der Waals surface area contributed by atoms with Gasteiger partial charge in [0.15, 0.2) is 11.5 Å². The second-order valence-corrected chi connectivity index (χ2v) is 5.77. The number of hydrogen-bond donors (Lipinski definition) is 0. The third-order valence-corrected chi connectivity index (χ3v) is 4.31. The number of carbonyl (C=O) groups is 2. The normalized spacial score (nSPS) is 11.9. The van der Waals surface area contributed by atoms with E-state index in [1.807, 2.05) is 0 Å². The van der Waals surface area contributed by atoms with Crippen LogP contribution in [0.2, 0.25) is 0 Å². The van der Waals surface area contributed by atoms with Crippen LogP contribution in [0, 0.1) is 13.8 Å². The molecule has 1 aromatic heterocycles. The van der Waals surface area contributed by atoms with E-state index in [0.717, 1.165) is 0 Å². The molecule has 0 fully saturated rings. The van der Waals surface area contributed by atoms with E-state index >= 15 is 0 Å². The van der Waals surface area contributed by atoms with Crippen molar-refractivity contribution in [2.75, 3.05) is 28.1 Å². The van der Waals surface area contributed by atoms with Crippen molar-refractivity contribution in [3.63, 3.8) is 0 Å². The molecule has 0 saturated carbocycles. The molecular formula is C19H19NO7. The molecule has 1 aliphatic rings. The maximum absolute atomic E-state index is 12.5. The Kier molecular flexibility index (Phi) is 4.89. The minimum absolute atomic E-state index is 0.0528. The highest BCUT2D eigenvalue weighted by Crippen LogP contribution is 2.48. The fraction of sp³-hybridized carbons (Fsp3) is 0.316. The first-order valence-corrected chi connectivity index (χ1v) is 8.09. The van der Waals surface area contributed by atoms with Crippen molar-refractivity contribution in [1.29, 1.82) is 0 Å². The van der Waals surface area contributed by atoms with Gasteiger partial charge in [-0.1, -0.05) is 0 Å². The van der Waals surface area contributed by atoms with Crippen molar-refractivity contribution in [1.82, 2.24) is 4.98 Å². The molecule has 0 unspecified atom stereocenters. The molecule has 1 aromatic carbocycles. The Labute approximate surface area is 156 Å². The van der Waals surface area contributed by atoms with Crippen LogP contribution in [0.4, 0.5) is 0 Å². The van der Waals surface area contributed by atoms with Crippen molar-refractivity contribution in [2.45, 2.75) is 13.8 Å². The van der Waals surface area contributed by atoms with Crippen LogP contribution in [0.3, 0.4) is 0 Å². The number of pyridine rings is 1. The van der Waals surface area contributed by atoms with E-state index < -0.39 is 11.9 Å². The van der Waals surface area contributed by atoms with Crippen LogP contribution >= 0.6 is 0 Å². The average molecular weight is 373 g/mol.